The van der Waals surface area contributed by atoms with E-state index in [1.807, 2.05) is 12.1 Å². The van der Waals surface area contributed by atoms with E-state index < -0.39 is 5.97 Å². The minimum atomic E-state index is -0.837. The lowest BCUT2D eigenvalue weighted by atomic mass is 10.1. The second-order valence-electron chi connectivity index (χ2n) is 3.87. The average molecular weight is 243 g/mol. The number of benzene rings is 1. The number of hydrogen-bond acceptors (Lipinski definition) is 4. The van der Waals surface area contributed by atoms with Gasteiger partial charge in [-0.2, -0.15) is 0 Å². The highest BCUT2D eigenvalue weighted by molar-refractivity contribution is 5.70. The van der Waals surface area contributed by atoms with Crippen molar-refractivity contribution in [3.8, 4) is 0 Å². The molecule has 0 atom stereocenters. The number of nitrogens with two attached hydrogens (primary N) is 1. The van der Waals surface area contributed by atoms with Gasteiger partial charge < -0.3 is 16.2 Å². The van der Waals surface area contributed by atoms with Crippen LogP contribution in [-0.4, -0.2) is 16.1 Å². The standard InChI is InChI=1S/C13H13N3O2/c14-10-3-6-12(15-8-10)16-11-4-1-9(2-5-11)7-13(17)18/h1-6,8H,7,14H2,(H,15,16)(H,17,18). The number of nitrogens with zero attached hydrogens (tertiary/aromatic N) is 1. The van der Waals surface area contributed by atoms with Gasteiger partial charge in [-0.05, 0) is 29.8 Å². The van der Waals surface area contributed by atoms with Crippen LogP contribution in [0.15, 0.2) is 42.6 Å². The third-order valence-corrected chi connectivity index (χ3v) is 2.37. The molecule has 18 heavy (non-hydrogen) atoms. The van der Waals surface area contributed by atoms with Crippen LogP contribution in [0.25, 0.3) is 0 Å². The van der Waals surface area contributed by atoms with Crippen LogP contribution in [0.4, 0.5) is 17.2 Å². The van der Waals surface area contributed by atoms with Gasteiger partial charge in [0, 0.05) is 5.69 Å². The first-order valence-corrected chi connectivity index (χ1v) is 5.43. The van der Waals surface area contributed by atoms with Crippen molar-refractivity contribution in [2.24, 2.45) is 0 Å². The van der Waals surface area contributed by atoms with Crippen molar-refractivity contribution in [2.75, 3.05) is 11.1 Å². The van der Waals surface area contributed by atoms with Gasteiger partial charge in [0.05, 0.1) is 18.3 Å². The lowest BCUT2D eigenvalue weighted by molar-refractivity contribution is -0.136. The van der Waals surface area contributed by atoms with E-state index in [2.05, 4.69) is 10.3 Å². The molecule has 2 rings (SSSR count). The first kappa shape index (κ1) is 11.9. The van der Waals surface area contributed by atoms with Crippen LogP contribution in [0.2, 0.25) is 0 Å². The van der Waals surface area contributed by atoms with Gasteiger partial charge in [0.15, 0.2) is 0 Å². The molecule has 1 heterocycles. The van der Waals surface area contributed by atoms with Gasteiger partial charge in [0.25, 0.3) is 0 Å². The summed E-state index contributed by atoms with van der Waals surface area (Å²) >= 11 is 0. The number of hydrogen-bond donors (Lipinski definition) is 3. The Balaban J connectivity index is 2.06. The van der Waals surface area contributed by atoms with Gasteiger partial charge in [-0.15, -0.1) is 0 Å². The number of carboxylic acids is 1. The zero-order valence-electron chi connectivity index (χ0n) is 9.63. The third kappa shape index (κ3) is 3.21. The molecule has 2 aromatic rings. The van der Waals surface area contributed by atoms with Crippen molar-refractivity contribution in [3.05, 3.63) is 48.2 Å². The fourth-order valence-corrected chi connectivity index (χ4v) is 1.51. The molecule has 0 aliphatic rings. The van der Waals surface area contributed by atoms with Gasteiger partial charge >= 0.3 is 5.97 Å². The first-order valence-electron chi connectivity index (χ1n) is 5.43. The second-order valence-corrected chi connectivity index (χ2v) is 3.87. The normalized spacial score (nSPS) is 10.0. The topological polar surface area (TPSA) is 88.2 Å². The second kappa shape index (κ2) is 5.18. The molecule has 1 aromatic carbocycles. The Bertz CT molecular complexity index is 535. The Morgan fingerprint density at radius 2 is 1.94 bits per heavy atom. The van der Waals surface area contributed by atoms with Crippen LogP contribution >= 0.6 is 0 Å². The predicted octanol–water partition coefficient (Wildman–Crippen LogP) is 2.03. The van der Waals surface area contributed by atoms with Crippen LogP contribution in [0, 0.1) is 0 Å². The van der Waals surface area contributed by atoms with Crippen LogP contribution in [0.5, 0.6) is 0 Å². The van der Waals surface area contributed by atoms with E-state index in [1.165, 1.54) is 0 Å². The van der Waals surface area contributed by atoms with Crippen molar-refractivity contribution in [1.29, 1.82) is 0 Å². The minimum absolute atomic E-state index is 0.0282. The van der Waals surface area contributed by atoms with E-state index in [0.29, 0.717) is 11.5 Å². The summed E-state index contributed by atoms with van der Waals surface area (Å²) in [5.41, 5.74) is 7.76. The summed E-state index contributed by atoms with van der Waals surface area (Å²) in [5.74, 6) is -0.147. The molecule has 0 aliphatic heterocycles. The number of carbonyl (C=O) groups is 1. The average Bonchev–Trinajstić information content (AvgIpc) is 2.34. The van der Waals surface area contributed by atoms with Gasteiger partial charge in [-0.25, -0.2) is 4.98 Å². The molecule has 0 spiro atoms. The van der Waals surface area contributed by atoms with E-state index in [0.717, 1.165) is 11.3 Å². The van der Waals surface area contributed by atoms with E-state index in [9.17, 15) is 4.79 Å². The predicted molar refractivity (Wildman–Crippen MR) is 69.7 cm³/mol. The lowest BCUT2D eigenvalue weighted by Crippen LogP contribution is -2.00. The maximum Gasteiger partial charge on any atom is 0.307 e. The van der Waals surface area contributed by atoms with Crippen molar-refractivity contribution in [3.63, 3.8) is 0 Å². The fourth-order valence-electron chi connectivity index (χ4n) is 1.51. The minimum Gasteiger partial charge on any atom is -0.481 e. The third-order valence-electron chi connectivity index (χ3n) is 2.37. The van der Waals surface area contributed by atoms with Gasteiger partial charge in [-0.3, -0.25) is 4.79 Å². The molecule has 1 aromatic heterocycles. The largest absolute Gasteiger partial charge is 0.481 e. The summed E-state index contributed by atoms with van der Waals surface area (Å²) < 4.78 is 0. The summed E-state index contributed by atoms with van der Waals surface area (Å²) in [6.45, 7) is 0. The summed E-state index contributed by atoms with van der Waals surface area (Å²) in [7, 11) is 0. The molecule has 5 heteroatoms. The highest BCUT2D eigenvalue weighted by Gasteiger charge is 2.00. The Labute approximate surface area is 104 Å². The number of rotatable bonds is 4. The van der Waals surface area contributed by atoms with Crippen LogP contribution in [0.3, 0.4) is 0 Å². The van der Waals surface area contributed by atoms with Crippen LogP contribution in [0.1, 0.15) is 5.56 Å². The Morgan fingerprint density at radius 1 is 1.22 bits per heavy atom. The first-order chi connectivity index (χ1) is 8.63. The molecule has 0 aliphatic carbocycles. The number of aromatic nitrogens is 1. The summed E-state index contributed by atoms with van der Waals surface area (Å²) in [6.07, 6.45) is 1.60. The molecule has 0 saturated carbocycles. The molecule has 0 bridgehead atoms. The maximum atomic E-state index is 10.5. The number of nitrogen functional groups attached to an aromatic ring is 1. The Hall–Kier alpha value is -2.56. The smallest absolute Gasteiger partial charge is 0.307 e. The lowest BCUT2D eigenvalue weighted by Gasteiger charge is -2.06. The number of aliphatic carboxylic acids is 1. The molecule has 0 amide bonds. The fraction of sp³-hybridized carbons (Fsp3) is 0.0769. The molecule has 92 valence electrons. The van der Waals surface area contributed by atoms with Gasteiger partial charge in [-0.1, -0.05) is 12.1 Å². The summed E-state index contributed by atoms with van der Waals surface area (Å²) in [4.78, 5) is 14.7. The zero-order chi connectivity index (χ0) is 13.0. The SMILES string of the molecule is Nc1ccc(Nc2ccc(CC(=O)O)cc2)nc1. The summed E-state index contributed by atoms with van der Waals surface area (Å²) in [6, 6.07) is 10.7. The number of anilines is 3. The molecule has 4 N–H and O–H groups in total. The Kier molecular flexibility index (Phi) is 3.43. The molecular formula is C13H13N3O2. The molecular weight excluding hydrogens is 230 g/mol. The Morgan fingerprint density at radius 3 is 2.50 bits per heavy atom. The molecule has 0 fully saturated rings. The van der Waals surface area contributed by atoms with Gasteiger partial charge in [0.2, 0.25) is 0 Å². The van der Waals surface area contributed by atoms with Crippen molar-refractivity contribution >= 4 is 23.2 Å². The molecule has 0 saturated heterocycles. The van der Waals surface area contributed by atoms with Crippen molar-refractivity contribution < 1.29 is 9.90 Å². The number of pyridine rings is 1. The maximum absolute atomic E-state index is 10.5. The molecule has 5 nitrogen and oxygen atoms in total. The molecule has 0 radical (unpaired) electrons. The van der Waals surface area contributed by atoms with E-state index in [1.54, 1.807) is 30.5 Å². The van der Waals surface area contributed by atoms with Crippen LogP contribution < -0.4 is 11.1 Å². The number of nitrogens with one attached hydrogen (secondary N) is 1. The van der Waals surface area contributed by atoms with E-state index in [4.69, 9.17) is 10.8 Å². The van der Waals surface area contributed by atoms with E-state index >= 15 is 0 Å². The zero-order valence-corrected chi connectivity index (χ0v) is 9.63. The quantitative estimate of drug-likeness (QED) is 0.764. The highest BCUT2D eigenvalue weighted by atomic mass is 16.4. The van der Waals surface area contributed by atoms with Crippen LogP contribution in [-0.2, 0) is 11.2 Å². The van der Waals surface area contributed by atoms with E-state index in [-0.39, 0.29) is 6.42 Å². The highest BCUT2D eigenvalue weighted by Crippen LogP contribution is 2.16. The van der Waals surface area contributed by atoms with Gasteiger partial charge in [0.1, 0.15) is 5.82 Å². The molecule has 0 unspecified atom stereocenters. The monoisotopic (exact) mass is 243 g/mol. The summed E-state index contributed by atoms with van der Waals surface area (Å²) in [5, 5.41) is 11.8. The number of carboxylic acid groups (broad SMARTS) is 1. The van der Waals surface area contributed by atoms with Crippen molar-refractivity contribution in [2.45, 2.75) is 6.42 Å². The van der Waals surface area contributed by atoms with Crippen molar-refractivity contribution in [1.82, 2.24) is 4.98 Å².